The highest BCUT2D eigenvalue weighted by molar-refractivity contribution is 5.82. The van der Waals surface area contributed by atoms with Crippen LogP contribution >= 0.6 is 0 Å². The molecule has 3 nitrogen and oxygen atoms in total. The first-order valence-corrected chi connectivity index (χ1v) is 7.58. The number of rotatable bonds is 2. The smallest absolute Gasteiger partial charge is 0.239 e. The van der Waals surface area contributed by atoms with E-state index < -0.39 is 0 Å². The number of nitrogens with two attached hydrogens (primary N) is 1. The van der Waals surface area contributed by atoms with Crippen molar-refractivity contribution < 1.29 is 4.79 Å². The van der Waals surface area contributed by atoms with Crippen molar-refractivity contribution >= 4 is 5.91 Å². The molecule has 1 aliphatic carbocycles. The highest BCUT2D eigenvalue weighted by atomic mass is 16.2. The first-order chi connectivity index (χ1) is 8.54. The number of nitrogens with zero attached hydrogens (tertiary/aromatic N) is 1. The van der Waals surface area contributed by atoms with E-state index in [0.717, 1.165) is 13.1 Å². The van der Waals surface area contributed by atoms with Gasteiger partial charge in [-0.15, -0.1) is 0 Å². The van der Waals surface area contributed by atoms with Gasteiger partial charge < -0.3 is 10.6 Å². The second-order valence-corrected chi connectivity index (χ2v) is 6.66. The van der Waals surface area contributed by atoms with Crippen molar-refractivity contribution in [2.45, 2.75) is 64.8 Å². The molecule has 1 saturated carbocycles. The second-order valence-electron chi connectivity index (χ2n) is 6.66. The molecule has 0 aromatic rings. The van der Waals surface area contributed by atoms with Crippen molar-refractivity contribution in [2.24, 2.45) is 17.1 Å². The molecule has 1 unspecified atom stereocenters. The quantitative estimate of drug-likeness (QED) is 0.821. The van der Waals surface area contributed by atoms with Gasteiger partial charge in [0.25, 0.3) is 0 Å². The van der Waals surface area contributed by atoms with Crippen LogP contribution in [0.1, 0.15) is 58.8 Å². The lowest BCUT2D eigenvalue weighted by molar-refractivity contribution is -0.136. The number of hydrogen-bond acceptors (Lipinski definition) is 2. The average molecular weight is 252 g/mol. The summed E-state index contributed by atoms with van der Waals surface area (Å²) in [6.07, 6.45) is 9.34. The zero-order valence-corrected chi connectivity index (χ0v) is 12.0. The number of amides is 1. The van der Waals surface area contributed by atoms with E-state index in [9.17, 15) is 4.79 Å². The lowest BCUT2D eigenvalue weighted by Crippen LogP contribution is -2.51. The standard InChI is InChI=1S/C15H28N2O/c1-12(2)13(16)14(18)17-10-8-15(9-11-17)6-4-3-5-7-15/h12-13H,3-11,16H2,1-2H3. The minimum absolute atomic E-state index is 0.163. The summed E-state index contributed by atoms with van der Waals surface area (Å²) in [4.78, 5) is 14.2. The summed E-state index contributed by atoms with van der Waals surface area (Å²) < 4.78 is 0. The first-order valence-electron chi connectivity index (χ1n) is 7.58. The number of carbonyl (C=O) groups is 1. The van der Waals surface area contributed by atoms with Crippen molar-refractivity contribution in [1.29, 1.82) is 0 Å². The van der Waals surface area contributed by atoms with Crippen molar-refractivity contribution in [3.8, 4) is 0 Å². The summed E-state index contributed by atoms with van der Waals surface area (Å²) in [5.74, 6) is 0.402. The molecule has 2 N–H and O–H groups in total. The van der Waals surface area contributed by atoms with E-state index in [1.807, 2.05) is 18.7 Å². The van der Waals surface area contributed by atoms with E-state index in [1.54, 1.807) is 0 Å². The minimum Gasteiger partial charge on any atom is -0.341 e. The van der Waals surface area contributed by atoms with Gasteiger partial charge in [-0.2, -0.15) is 0 Å². The Bertz CT molecular complexity index is 285. The molecule has 0 aromatic heterocycles. The van der Waals surface area contributed by atoms with Gasteiger partial charge in [-0.25, -0.2) is 0 Å². The highest BCUT2D eigenvalue weighted by Crippen LogP contribution is 2.44. The molecule has 1 heterocycles. The summed E-state index contributed by atoms with van der Waals surface area (Å²) in [5, 5.41) is 0. The van der Waals surface area contributed by atoms with Crippen LogP contribution in [0.25, 0.3) is 0 Å². The molecule has 1 amide bonds. The third-order valence-electron chi connectivity index (χ3n) is 5.05. The zero-order chi connectivity index (χ0) is 13.2. The molecular weight excluding hydrogens is 224 g/mol. The summed E-state index contributed by atoms with van der Waals surface area (Å²) in [6.45, 7) is 5.91. The topological polar surface area (TPSA) is 46.3 Å². The molecule has 3 heteroatoms. The minimum atomic E-state index is -0.314. The molecule has 0 radical (unpaired) electrons. The Morgan fingerprint density at radius 3 is 2.11 bits per heavy atom. The fourth-order valence-electron chi connectivity index (χ4n) is 3.50. The van der Waals surface area contributed by atoms with Gasteiger partial charge in [-0.1, -0.05) is 33.1 Å². The number of carbonyl (C=O) groups excluding carboxylic acids is 1. The summed E-state index contributed by atoms with van der Waals surface area (Å²) >= 11 is 0. The maximum atomic E-state index is 12.2. The Morgan fingerprint density at radius 1 is 1.06 bits per heavy atom. The van der Waals surface area contributed by atoms with E-state index >= 15 is 0 Å². The Kier molecular flexibility index (Phi) is 4.31. The second kappa shape index (κ2) is 5.60. The van der Waals surface area contributed by atoms with Crippen LogP contribution in [0, 0.1) is 11.3 Å². The van der Waals surface area contributed by atoms with E-state index in [2.05, 4.69) is 0 Å². The highest BCUT2D eigenvalue weighted by Gasteiger charge is 2.37. The van der Waals surface area contributed by atoms with E-state index in [0.29, 0.717) is 5.41 Å². The maximum Gasteiger partial charge on any atom is 0.239 e. The summed E-state index contributed by atoms with van der Waals surface area (Å²) in [5.41, 5.74) is 6.54. The average Bonchev–Trinajstić information content (AvgIpc) is 2.39. The van der Waals surface area contributed by atoms with Crippen molar-refractivity contribution in [2.75, 3.05) is 13.1 Å². The maximum absolute atomic E-state index is 12.2. The first kappa shape index (κ1) is 13.9. The normalized spacial score (nSPS) is 25.4. The van der Waals surface area contributed by atoms with Crippen LogP contribution in [0.2, 0.25) is 0 Å². The molecule has 0 aromatic carbocycles. The van der Waals surface area contributed by atoms with Crippen LogP contribution in [0.3, 0.4) is 0 Å². The fraction of sp³-hybridized carbons (Fsp3) is 0.933. The van der Waals surface area contributed by atoms with Gasteiger partial charge in [-0.3, -0.25) is 4.79 Å². The van der Waals surface area contributed by atoms with Crippen LogP contribution in [0.4, 0.5) is 0 Å². The van der Waals surface area contributed by atoms with Crippen LogP contribution in [0.15, 0.2) is 0 Å². The van der Waals surface area contributed by atoms with Crippen LogP contribution in [-0.2, 0) is 4.79 Å². The Hall–Kier alpha value is -0.570. The van der Waals surface area contributed by atoms with E-state index in [1.165, 1.54) is 44.9 Å². The van der Waals surface area contributed by atoms with Gasteiger partial charge >= 0.3 is 0 Å². The van der Waals surface area contributed by atoms with Gasteiger partial charge in [-0.05, 0) is 37.0 Å². The fourth-order valence-corrected chi connectivity index (χ4v) is 3.50. The lowest BCUT2D eigenvalue weighted by atomic mass is 9.68. The monoisotopic (exact) mass is 252 g/mol. The van der Waals surface area contributed by atoms with Crippen molar-refractivity contribution in [3.63, 3.8) is 0 Å². The predicted octanol–water partition coefficient (Wildman–Crippen LogP) is 2.54. The molecule has 0 bridgehead atoms. The molecular formula is C15H28N2O. The van der Waals surface area contributed by atoms with Crippen molar-refractivity contribution in [3.05, 3.63) is 0 Å². The third-order valence-corrected chi connectivity index (χ3v) is 5.05. The SMILES string of the molecule is CC(C)C(N)C(=O)N1CCC2(CCCCC2)CC1. The largest absolute Gasteiger partial charge is 0.341 e. The zero-order valence-electron chi connectivity index (χ0n) is 12.0. The van der Waals surface area contributed by atoms with Crippen LogP contribution in [0.5, 0.6) is 0 Å². The Labute approximate surface area is 111 Å². The number of hydrogen-bond donors (Lipinski definition) is 1. The van der Waals surface area contributed by atoms with Gasteiger partial charge in [0.05, 0.1) is 6.04 Å². The Balaban J connectivity index is 1.88. The molecule has 2 rings (SSSR count). The molecule has 18 heavy (non-hydrogen) atoms. The Morgan fingerprint density at radius 2 is 1.61 bits per heavy atom. The van der Waals surface area contributed by atoms with Crippen LogP contribution in [-0.4, -0.2) is 29.9 Å². The van der Waals surface area contributed by atoms with Gasteiger partial charge in [0.1, 0.15) is 0 Å². The molecule has 1 aliphatic heterocycles. The number of piperidine rings is 1. The van der Waals surface area contributed by atoms with Crippen molar-refractivity contribution in [1.82, 2.24) is 4.90 Å². The molecule has 1 atom stereocenters. The summed E-state index contributed by atoms with van der Waals surface area (Å²) in [6, 6.07) is -0.314. The predicted molar refractivity (Wildman–Crippen MR) is 74.1 cm³/mol. The molecule has 2 fully saturated rings. The van der Waals surface area contributed by atoms with Gasteiger partial charge in [0, 0.05) is 13.1 Å². The van der Waals surface area contributed by atoms with E-state index in [4.69, 9.17) is 5.73 Å². The van der Waals surface area contributed by atoms with Gasteiger partial charge in [0.2, 0.25) is 5.91 Å². The van der Waals surface area contributed by atoms with E-state index in [-0.39, 0.29) is 17.9 Å². The summed E-state index contributed by atoms with van der Waals surface area (Å²) in [7, 11) is 0. The van der Waals surface area contributed by atoms with Crippen LogP contribution < -0.4 is 5.73 Å². The molecule has 2 aliphatic rings. The lowest BCUT2D eigenvalue weighted by Gasteiger charge is -2.45. The molecule has 1 saturated heterocycles. The number of likely N-dealkylation sites (tertiary alicyclic amines) is 1. The third kappa shape index (κ3) is 2.87. The molecule has 104 valence electrons. The molecule has 1 spiro atoms. The van der Waals surface area contributed by atoms with Gasteiger partial charge in [0.15, 0.2) is 0 Å².